The van der Waals surface area contributed by atoms with Crippen molar-refractivity contribution in [2.24, 2.45) is 0 Å². The maximum Gasteiger partial charge on any atom is 0.238 e. The van der Waals surface area contributed by atoms with Crippen LogP contribution in [0.15, 0.2) is 54.6 Å². The van der Waals surface area contributed by atoms with Crippen LogP contribution in [0.3, 0.4) is 0 Å². The second-order valence-electron chi connectivity index (χ2n) is 7.04. The molecule has 0 spiro atoms. The second kappa shape index (κ2) is 9.44. The fraction of sp³-hybridized carbons (Fsp3) is 0.364. The minimum absolute atomic E-state index is 0.0442. The highest BCUT2D eigenvalue weighted by atomic mass is 16.2. The number of carbonyl (C=O) groups is 2. The third-order valence-electron chi connectivity index (χ3n) is 4.88. The Morgan fingerprint density at radius 3 is 2.33 bits per heavy atom. The quantitative estimate of drug-likeness (QED) is 0.800. The van der Waals surface area contributed by atoms with E-state index in [0.717, 1.165) is 39.1 Å². The largest absolute Gasteiger partial charge is 0.324 e. The third-order valence-corrected chi connectivity index (χ3v) is 4.88. The Hall–Kier alpha value is -2.50. The first kappa shape index (κ1) is 19.3. The number of rotatable bonds is 6. The van der Waals surface area contributed by atoms with Gasteiger partial charge in [0.05, 0.1) is 12.2 Å². The Bertz CT molecular complexity index is 776. The van der Waals surface area contributed by atoms with Crippen molar-refractivity contribution in [1.82, 2.24) is 9.80 Å². The molecule has 3 rings (SSSR count). The maximum atomic E-state index is 12.5. The molecule has 0 aromatic heterocycles. The fourth-order valence-corrected chi connectivity index (χ4v) is 3.47. The summed E-state index contributed by atoms with van der Waals surface area (Å²) in [6, 6.07) is 17.6. The van der Waals surface area contributed by atoms with Gasteiger partial charge in [-0.2, -0.15) is 0 Å². The molecule has 1 heterocycles. The zero-order valence-electron chi connectivity index (χ0n) is 15.9. The molecule has 27 heavy (non-hydrogen) atoms. The van der Waals surface area contributed by atoms with Crippen LogP contribution in [0, 0.1) is 0 Å². The Balaban J connectivity index is 1.51. The van der Waals surface area contributed by atoms with Gasteiger partial charge in [-0.15, -0.1) is 0 Å². The summed E-state index contributed by atoms with van der Waals surface area (Å²) in [6.45, 7) is 6.59. The van der Waals surface area contributed by atoms with Crippen LogP contribution in [0.5, 0.6) is 0 Å². The van der Waals surface area contributed by atoms with Gasteiger partial charge in [0, 0.05) is 25.2 Å². The molecule has 1 amide bonds. The lowest BCUT2D eigenvalue weighted by Crippen LogP contribution is -2.36. The minimum atomic E-state index is -0.0693. The van der Waals surface area contributed by atoms with E-state index in [-0.39, 0.29) is 11.7 Å². The molecule has 0 radical (unpaired) electrons. The zero-order chi connectivity index (χ0) is 19.1. The molecule has 5 heteroatoms. The van der Waals surface area contributed by atoms with Gasteiger partial charge in [-0.1, -0.05) is 42.5 Å². The number of Topliss-reactive ketones (excluding diaryl/α,β-unsaturated/α-hetero) is 1. The molecule has 142 valence electrons. The van der Waals surface area contributed by atoms with Gasteiger partial charge in [0.15, 0.2) is 5.78 Å². The standard InChI is InChI=1S/C22H27N3O2/c1-18(26)20-10-5-6-11-21(20)23-22(27)17-25-13-7-12-24(14-15-25)16-19-8-3-2-4-9-19/h2-6,8-11H,7,12-17H2,1H3,(H,23,27). The molecule has 0 saturated carbocycles. The summed E-state index contributed by atoms with van der Waals surface area (Å²) >= 11 is 0. The molecular weight excluding hydrogens is 338 g/mol. The molecule has 1 aliphatic heterocycles. The fourth-order valence-electron chi connectivity index (χ4n) is 3.47. The van der Waals surface area contributed by atoms with Crippen molar-refractivity contribution in [3.8, 4) is 0 Å². The molecule has 1 aliphatic rings. The first-order chi connectivity index (χ1) is 13.1. The normalized spacial score (nSPS) is 15.9. The van der Waals surface area contributed by atoms with Crippen LogP contribution in [0.2, 0.25) is 0 Å². The van der Waals surface area contributed by atoms with E-state index in [1.165, 1.54) is 12.5 Å². The molecule has 0 bridgehead atoms. The van der Waals surface area contributed by atoms with Crippen LogP contribution in [0.1, 0.15) is 29.3 Å². The number of anilines is 1. The summed E-state index contributed by atoms with van der Waals surface area (Å²) in [6.07, 6.45) is 1.05. The number of nitrogens with zero attached hydrogens (tertiary/aromatic N) is 2. The molecule has 0 unspecified atom stereocenters. The smallest absolute Gasteiger partial charge is 0.238 e. The van der Waals surface area contributed by atoms with Crippen LogP contribution < -0.4 is 5.32 Å². The van der Waals surface area contributed by atoms with Crippen LogP contribution in [0.25, 0.3) is 0 Å². The number of amides is 1. The van der Waals surface area contributed by atoms with Gasteiger partial charge in [-0.3, -0.25) is 19.4 Å². The Kier molecular flexibility index (Phi) is 6.74. The monoisotopic (exact) mass is 365 g/mol. The number of para-hydroxylation sites is 1. The number of hydrogen-bond acceptors (Lipinski definition) is 4. The van der Waals surface area contributed by atoms with Crippen LogP contribution >= 0.6 is 0 Å². The highest BCUT2D eigenvalue weighted by Crippen LogP contribution is 2.16. The Morgan fingerprint density at radius 2 is 1.56 bits per heavy atom. The molecule has 0 atom stereocenters. The van der Waals surface area contributed by atoms with Gasteiger partial charge in [0.25, 0.3) is 0 Å². The summed E-state index contributed by atoms with van der Waals surface area (Å²) in [5, 5.41) is 2.90. The lowest BCUT2D eigenvalue weighted by atomic mass is 10.1. The summed E-state index contributed by atoms with van der Waals surface area (Å²) in [7, 11) is 0. The molecule has 2 aromatic carbocycles. The Labute approximate surface area is 161 Å². The predicted molar refractivity (Wildman–Crippen MR) is 108 cm³/mol. The van der Waals surface area contributed by atoms with Crippen molar-refractivity contribution < 1.29 is 9.59 Å². The molecule has 1 fully saturated rings. The summed E-state index contributed by atoms with van der Waals surface area (Å²) < 4.78 is 0. The molecule has 5 nitrogen and oxygen atoms in total. The van der Waals surface area contributed by atoms with E-state index in [1.807, 2.05) is 18.2 Å². The van der Waals surface area contributed by atoms with Crippen molar-refractivity contribution in [2.45, 2.75) is 19.9 Å². The molecule has 1 saturated heterocycles. The van der Waals surface area contributed by atoms with E-state index in [9.17, 15) is 9.59 Å². The lowest BCUT2D eigenvalue weighted by molar-refractivity contribution is -0.117. The van der Waals surface area contributed by atoms with Crippen molar-refractivity contribution in [3.05, 3.63) is 65.7 Å². The van der Waals surface area contributed by atoms with Crippen LogP contribution in [0.4, 0.5) is 5.69 Å². The van der Waals surface area contributed by atoms with E-state index in [0.29, 0.717) is 17.8 Å². The number of benzene rings is 2. The van der Waals surface area contributed by atoms with E-state index < -0.39 is 0 Å². The van der Waals surface area contributed by atoms with Gasteiger partial charge in [0.1, 0.15) is 0 Å². The van der Waals surface area contributed by atoms with Gasteiger partial charge < -0.3 is 5.32 Å². The Morgan fingerprint density at radius 1 is 0.889 bits per heavy atom. The first-order valence-electron chi connectivity index (χ1n) is 9.50. The molecular formula is C22H27N3O2. The number of hydrogen-bond donors (Lipinski definition) is 1. The van der Waals surface area contributed by atoms with Gasteiger partial charge in [0.2, 0.25) is 5.91 Å². The van der Waals surface area contributed by atoms with Crippen molar-refractivity contribution in [3.63, 3.8) is 0 Å². The first-order valence-corrected chi connectivity index (χ1v) is 9.50. The topological polar surface area (TPSA) is 52.7 Å². The van der Waals surface area contributed by atoms with Crippen LogP contribution in [-0.4, -0.2) is 54.2 Å². The van der Waals surface area contributed by atoms with Gasteiger partial charge in [-0.05, 0) is 44.1 Å². The summed E-state index contributed by atoms with van der Waals surface area (Å²) in [5.74, 6) is -0.113. The minimum Gasteiger partial charge on any atom is -0.324 e. The number of ketones is 1. The zero-order valence-corrected chi connectivity index (χ0v) is 15.9. The summed E-state index contributed by atoms with van der Waals surface area (Å²) in [5.41, 5.74) is 2.47. The van der Waals surface area contributed by atoms with Crippen LogP contribution in [-0.2, 0) is 11.3 Å². The van der Waals surface area contributed by atoms with Crippen molar-refractivity contribution in [2.75, 3.05) is 38.0 Å². The highest BCUT2D eigenvalue weighted by Gasteiger charge is 2.18. The second-order valence-corrected chi connectivity index (χ2v) is 7.04. The van der Waals surface area contributed by atoms with E-state index in [1.54, 1.807) is 12.1 Å². The lowest BCUT2D eigenvalue weighted by Gasteiger charge is -2.21. The SMILES string of the molecule is CC(=O)c1ccccc1NC(=O)CN1CCCN(Cc2ccccc2)CC1. The predicted octanol–water partition coefficient (Wildman–Crippen LogP) is 3.04. The number of carbonyl (C=O) groups excluding carboxylic acids is 2. The maximum absolute atomic E-state index is 12.5. The molecule has 0 aliphatic carbocycles. The average Bonchev–Trinajstić information content (AvgIpc) is 2.88. The van der Waals surface area contributed by atoms with Crippen molar-refractivity contribution in [1.29, 1.82) is 0 Å². The van der Waals surface area contributed by atoms with E-state index >= 15 is 0 Å². The molecule has 2 aromatic rings. The van der Waals surface area contributed by atoms with Crippen molar-refractivity contribution >= 4 is 17.4 Å². The van der Waals surface area contributed by atoms with E-state index in [4.69, 9.17) is 0 Å². The van der Waals surface area contributed by atoms with E-state index in [2.05, 4.69) is 39.4 Å². The van der Waals surface area contributed by atoms with Gasteiger partial charge >= 0.3 is 0 Å². The van der Waals surface area contributed by atoms with Gasteiger partial charge in [-0.25, -0.2) is 0 Å². The summed E-state index contributed by atoms with van der Waals surface area (Å²) in [4.78, 5) is 28.8. The third kappa shape index (κ3) is 5.74. The average molecular weight is 365 g/mol. The molecule has 1 N–H and O–H groups in total. The number of nitrogens with one attached hydrogen (secondary N) is 1. The highest BCUT2D eigenvalue weighted by molar-refractivity contribution is 6.04.